The second kappa shape index (κ2) is 6.13. The average molecular weight is 250 g/mol. The van der Waals surface area contributed by atoms with Crippen LogP contribution in [0.4, 0.5) is 5.69 Å². The van der Waals surface area contributed by atoms with Gasteiger partial charge in [-0.2, -0.15) is 0 Å². The zero-order valence-corrected chi connectivity index (χ0v) is 11.1. The molecule has 1 aliphatic rings. The van der Waals surface area contributed by atoms with Gasteiger partial charge in [0.25, 0.3) is 0 Å². The topological polar surface area (TPSA) is 51.6 Å². The fourth-order valence-corrected chi connectivity index (χ4v) is 2.22. The van der Waals surface area contributed by atoms with Gasteiger partial charge in [-0.25, -0.2) is 0 Å². The van der Waals surface area contributed by atoms with Gasteiger partial charge in [-0.3, -0.25) is 10.3 Å². The van der Waals surface area contributed by atoms with Gasteiger partial charge in [0, 0.05) is 26.2 Å². The zero-order chi connectivity index (χ0) is 13.0. The summed E-state index contributed by atoms with van der Waals surface area (Å²) in [5.74, 6) is 0. The third-order valence-corrected chi connectivity index (χ3v) is 3.51. The maximum absolute atomic E-state index is 9.60. The Morgan fingerprint density at radius 3 is 2.56 bits per heavy atom. The quantitative estimate of drug-likeness (QED) is 0.759. The number of anilines is 1. The zero-order valence-electron chi connectivity index (χ0n) is 11.1. The van der Waals surface area contributed by atoms with Crippen molar-refractivity contribution in [2.45, 2.75) is 13.2 Å². The van der Waals surface area contributed by atoms with Crippen LogP contribution in [-0.2, 0) is 0 Å². The molecule has 5 nitrogen and oxygen atoms in total. The van der Waals surface area contributed by atoms with E-state index in [9.17, 15) is 5.11 Å². The van der Waals surface area contributed by atoms with Crippen LogP contribution in [0.3, 0.4) is 0 Å². The normalized spacial score (nSPS) is 18.9. The van der Waals surface area contributed by atoms with Crippen molar-refractivity contribution in [3.05, 3.63) is 24.0 Å². The van der Waals surface area contributed by atoms with Gasteiger partial charge < -0.3 is 14.9 Å². The van der Waals surface area contributed by atoms with E-state index >= 15 is 0 Å². The summed E-state index contributed by atoms with van der Waals surface area (Å²) in [5.41, 5.74) is 1.80. The summed E-state index contributed by atoms with van der Waals surface area (Å²) >= 11 is 0. The highest BCUT2D eigenvalue weighted by atomic mass is 16.3. The summed E-state index contributed by atoms with van der Waals surface area (Å²) in [5, 5.41) is 12.4. The van der Waals surface area contributed by atoms with E-state index in [4.69, 9.17) is 0 Å². The SMILES string of the molecule is CCN1CCN(c2ccc(C(O)NC)nc2)CC1. The van der Waals surface area contributed by atoms with Crippen LogP contribution in [0.1, 0.15) is 18.8 Å². The second-order valence-corrected chi connectivity index (χ2v) is 4.55. The third kappa shape index (κ3) is 2.98. The van der Waals surface area contributed by atoms with Crippen LogP contribution in [0.25, 0.3) is 0 Å². The molecular formula is C13H22N4O. The summed E-state index contributed by atoms with van der Waals surface area (Å²) in [6.45, 7) is 7.63. The van der Waals surface area contributed by atoms with Crippen LogP contribution in [-0.4, -0.2) is 54.8 Å². The molecule has 1 fully saturated rings. The standard InChI is InChI=1S/C13H22N4O/c1-3-16-6-8-17(9-7-16)11-4-5-12(15-10-11)13(18)14-2/h4-5,10,13-14,18H,3,6-9H2,1-2H3. The van der Waals surface area contributed by atoms with Crippen LogP contribution in [0, 0.1) is 0 Å². The van der Waals surface area contributed by atoms with Crippen molar-refractivity contribution >= 4 is 5.69 Å². The highest BCUT2D eigenvalue weighted by Gasteiger charge is 2.16. The van der Waals surface area contributed by atoms with Gasteiger partial charge in [-0.1, -0.05) is 6.92 Å². The molecule has 0 aromatic carbocycles. The van der Waals surface area contributed by atoms with E-state index in [0.29, 0.717) is 5.69 Å². The maximum atomic E-state index is 9.60. The smallest absolute Gasteiger partial charge is 0.147 e. The largest absolute Gasteiger partial charge is 0.373 e. The fourth-order valence-electron chi connectivity index (χ4n) is 2.22. The Hall–Kier alpha value is -1.17. The second-order valence-electron chi connectivity index (χ2n) is 4.55. The summed E-state index contributed by atoms with van der Waals surface area (Å²) in [6.07, 6.45) is 1.16. The fraction of sp³-hybridized carbons (Fsp3) is 0.615. The van der Waals surface area contributed by atoms with E-state index < -0.39 is 6.23 Å². The Morgan fingerprint density at radius 1 is 1.33 bits per heavy atom. The van der Waals surface area contributed by atoms with Crippen LogP contribution in [0.15, 0.2) is 18.3 Å². The number of aromatic nitrogens is 1. The van der Waals surface area contributed by atoms with Crippen LogP contribution >= 0.6 is 0 Å². The molecule has 0 bridgehead atoms. The number of nitrogens with one attached hydrogen (secondary N) is 1. The highest BCUT2D eigenvalue weighted by molar-refractivity contribution is 5.45. The molecular weight excluding hydrogens is 228 g/mol. The van der Waals surface area contributed by atoms with Crippen LogP contribution in [0.2, 0.25) is 0 Å². The van der Waals surface area contributed by atoms with Gasteiger partial charge in [0.2, 0.25) is 0 Å². The average Bonchev–Trinajstić information content (AvgIpc) is 2.47. The number of aliphatic hydroxyl groups is 1. The number of hydrogen-bond acceptors (Lipinski definition) is 5. The molecule has 2 heterocycles. The predicted molar refractivity (Wildman–Crippen MR) is 72.6 cm³/mol. The number of nitrogens with zero attached hydrogens (tertiary/aromatic N) is 3. The monoisotopic (exact) mass is 250 g/mol. The first-order valence-corrected chi connectivity index (χ1v) is 6.53. The number of hydrogen-bond donors (Lipinski definition) is 2. The lowest BCUT2D eigenvalue weighted by Crippen LogP contribution is -2.46. The first-order chi connectivity index (χ1) is 8.74. The first kappa shape index (κ1) is 13.3. The Morgan fingerprint density at radius 2 is 2.06 bits per heavy atom. The molecule has 1 aromatic heterocycles. The van der Waals surface area contributed by atoms with Crippen molar-refractivity contribution in [3.63, 3.8) is 0 Å². The van der Waals surface area contributed by atoms with Gasteiger partial charge in [-0.15, -0.1) is 0 Å². The molecule has 1 saturated heterocycles. The molecule has 5 heteroatoms. The molecule has 0 radical (unpaired) electrons. The number of likely N-dealkylation sites (N-methyl/N-ethyl adjacent to an activating group) is 1. The van der Waals surface area contributed by atoms with Gasteiger partial charge >= 0.3 is 0 Å². The van der Waals surface area contributed by atoms with Crippen molar-refractivity contribution in [2.75, 3.05) is 44.7 Å². The van der Waals surface area contributed by atoms with E-state index in [1.54, 1.807) is 7.05 Å². The van der Waals surface area contributed by atoms with E-state index in [0.717, 1.165) is 38.4 Å². The molecule has 1 aliphatic heterocycles. The van der Waals surface area contributed by atoms with E-state index in [1.807, 2.05) is 18.3 Å². The minimum atomic E-state index is -0.684. The van der Waals surface area contributed by atoms with Gasteiger partial charge in [0.05, 0.1) is 17.6 Å². The lowest BCUT2D eigenvalue weighted by atomic mass is 10.2. The Bertz CT molecular complexity index is 360. The number of rotatable bonds is 4. The maximum Gasteiger partial charge on any atom is 0.147 e. The van der Waals surface area contributed by atoms with Crippen LogP contribution < -0.4 is 10.2 Å². The molecule has 18 heavy (non-hydrogen) atoms. The summed E-state index contributed by atoms with van der Waals surface area (Å²) < 4.78 is 0. The van der Waals surface area contributed by atoms with Gasteiger partial charge in [0.15, 0.2) is 0 Å². The van der Waals surface area contributed by atoms with Crippen molar-refractivity contribution in [1.29, 1.82) is 0 Å². The molecule has 0 aliphatic carbocycles. The molecule has 0 saturated carbocycles. The number of aliphatic hydroxyl groups excluding tert-OH is 1. The van der Waals surface area contributed by atoms with E-state index in [-0.39, 0.29) is 0 Å². The van der Waals surface area contributed by atoms with E-state index in [1.165, 1.54) is 0 Å². The van der Waals surface area contributed by atoms with Crippen molar-refractivity contribution in [1.82, 2.24) is 15.2 Å². The molecule has 0 amide bonds. The third-order valence-electron chi connectivity index (χ3n) is 3.51. The van der Waals surface area contributed by atoms with Gasteiger partial charge in [0.1, 0.15) is 6.23 Å². The minimum absolute atomic E-state index is 0.661. The lowest BCUT2D eigenvalue weighted by Gasteiger charge is -2.35. The number of piperazine rings is 1. The van der Waals surface area contributed by atoms with E-state index in [2.05, 4.69) is 27.0 Å². The summed E-state index contributed by atoms with van der Waals surface area (Å²) in [6, 6.07) is 3.91. The predicted octanol–water partition coefficient (Wildman–Crippen LogP) is 0.434. The summed E-state index contributed by atoms with van der Waals surface area (Å²) in [4.78, 5) is 9.09. The minimum Gasteiger partial charge on any atom is -0.373 e. The van der Waals surface area contributed by atoms with Crippen molar-refractivity contribution in [3.8, 4) is 0 Å². The van der Waals surface area contributed by atoms with Crippen molar-refractivity contribution < 1.29 is 5.11 Å². The molecule has 1 unspecified atom stereocenters. The summed E-state index contributed by atoms with van der Waals surface area (Å²) in [7, 11) is 1.71. The highest BCUT2D eigenvalue weighted by Crippen LogP contribution is 2.17. The molecule has 0 spiro atoms. The van der Waals surface area contributed by atoms with Gasteiger partial charge in [-0.05, 0) is 25.7 Å². The molecule has 1 atom stereocenters. The molecule has 2 N–H and O–H groups in total. The Labute approximate surface area is 108 Å². The van der Waals surface area contributed by atoms with Crippen LogP contribution in [0.5, 0.6) is 0 Å². The lowest BCUT2D eigenvalue weighted by molar-refractivity contribution is 0.144. The molecule has 2 rings (SSSR count). The number of pyridine rings is 1. The first-order valence-electron chi connectivity index (χ1n) is 6.53. The molecule has 1 aromatic rings. The van der Waals surface area contributed by atoms with Crippen molar-refractivity contribution in [2.24, 2.45) is 0 Å². The Balaban J connectivity index is 1.98. The molecule has 100 valence electrons. The Kier molecular flexibility index (Phi) is 4.52.